The lowest BCUT2D eigenvalue weighted by atomic mass is 10.2. The van der Waals surface area contributed by atoms with Gasteiger partial charge in [-0.25, -0.2) is 4.79 Å². The Labute approximate surface area is 120 Å². The van der Waals surface area contributed by atoms with E-state index in [9.17, 15) is 9.59 Å². The van der Waals surface area contributed by atoms with Crippen molar-refractivity contribution in [3.8, 4) is 0 Å². The first-order valence-electron chi connectivity index (χ1n) is 6.98. The average molecular weight is 283 g/mol. The molecule has 2 N–H and O–H groups in total. The van der Waals surface area contributed by atoms with Crippen LogP contribution in [0.2, 0.25) is 0 Å². The fourth-order valence-corrected chi connectivity index (χ4v) is 1.35. The number of carboxylic acid groups (broad SMARTS) is 1. The molecule has 0 aromatic rings. The van der Waals surface area contributed by atoms with Crippen LogP contribution < -0.4 is 5.32 Å². The molecule has 0 radical (unpaired) electrons. The maximum atomic E-state index is 11.2. The zero-order chi connectivity index (χ0) is 15.2. The standard InChI is InChI=1S/C15H25NO4/c1-13(2)9-5-3-7-11-16-15(19)20-12-8-4-6-10-14(17)18/h3,5,7,9,13H,4,6,8,10-12H2,1-2H3,(H,16,19)(H,17,18)/b7-3+,9-5+. The minimum Gasteiger partial charge on any atom is -0.481 e. The summed E-state index contributed by atoms with van der Waals surface area (Å²) in [5.74, 6) is -0.277. The van der Waals surface area contributed by atoms with Crippen LogP contribution in [0.15, 0.2) is 24.3 Å². The Morgan fingerprint density at radius 1 is 1.20 bits per heavy atom. The van der Waals surface area contributed by atoms with Crippen LogP contribution in [0.25, 0.3) is 0 Å². The molecule has 5 heteroatoms. The number of unbranched alkanes of at least 4 members (excludes halogenated alkanes) is 2. The Balaban J connectivity index is 3.43. The van der Waals surface area contributed by atoms with Crippen molar-refractivity contribution in [2.24, 2.45) is 5.92 Å². The highest BCUT2D eigenvalue weighted by Gasteiger charge is 2.00. The van der Waals surface area contributed by atoms with Crippen LogP contribution in [-0.2, 0) is 9.53 Å². The molecule has 0 saturated heterocycles. The van der Waals surface area contributed by atoms with Gasteiger partial charge in [0.2, 0.25) is 0 Å². The molecule has 1 amide bonds. The highest BCUT2D eigenvalue weighted by Crippen LogP contribution is 2.00. The zero-order valence-electron chi connectivity index (χ0n) is 12.3. The summed E-state index contributed by atoms with van der Waals surface area (Å²) in [4.78, 5) is 21.5. The summed E-state index contributed by atoms with van der Waals surface area (Å²) in [7, 11) is 0. The average Bonchev–Trinajstić information content (AvgIpc) is 2.37. The number of hydrogen-bond acceptors (Lipinski definition) is 3. The molecule has 0 aromatic heterocycles. The molecular weight excluding hydrogens is 258 g/mol. The lowest BCUT2D eigenvalue weighted by Crippen LogP contribution is -2.24. The molecule has 0 aliphatic heterocycles. The largest absolute Gasteiger partial charge is 0.481 e. The Hall–Kier alpha value is -1.78. The summed E-state index contributed by atoms with van der Waals surface area (Å²) in [6, 6.07) is 0. The van der Waals surface area contributed by atoms with Crippen LogP contribution >= 0.6 is 0 Å². The highest BCUT2D eigenvalue weighted by atomic mass is 16.5. The maximum Gasteiger partial charge on any atom is 0.407 e. The van der Waals surface area contributed by atoms with E-state index in [2.05, 4.69) is 25.2 Å². The summed E-state index contributed by atoms with van der Waals surface area (Å²) in [5, 5.41) is 11.0. The third-order valence-electron chi connectivity index (χ3n) is 2.38. The number of carbonyl (C=O) groups is 2. The van der Waals surface area contributed by atoms with Gasteiger partial charge in [0.05, 0.1) is 6.61 Å². The van der Waals surface area contributed by atoms with Gasteiger partial charge in [-0.3, -0.25) is 4.79 Å². The first kappa shape index (κ1) is 18.2. The third kappa shape index (κ3) is 14.3. The van der Waals surface area contributed by atoms with Crippen LogP contribution in [0.1, 0.15) is 39.5 Å². The monoisotopic (exact) mass is 283 g/mol. The Morgan fingerprint density at radius 2 is 1.95 bits per heavy atom. The number of carbonyl (C=O) groups excluding carboxylic acids is 1. The molecule has 0 spiro atoms. The van der Waals surface area contributed by atoms with Gasteiger partial charge in [-0.05, 0) is 25.2 Å². The number of aliphatic carboxylic acids is 1. The van der Waals surface area contributed by atoms with E-state index >= 15 is 0 Å². The van der Waals surface area contributed by atoms with E-state index in [1.165, 1.54) is 0 Å². The molecule has 0 bridgehead atoms. The second-order valence-electron chi connectivity index (χ2n) is 4.78. The predicted molar refractivity (Wildman–Crippen MR) is 78.6 cm³/mol. The molecule has 0 saturated carbocycles. The van der Waals surface area contributed by atoms with E-state index in [0.29, 0.717) is 31.9 Å². The molecule has 0 fully saturated rings. The first-order valence-corrected chi connectivity index (χ1v) is 6.98. The molecule has 0 unspecified atom stereocenters. The Morgan fingerprint density at radius 3 is 2.60 bits per heavy atom. The van der Waals surface area contributed by atoms with Crippen LogP contribution in [0.5, 0.6) is 0 Å². The molecule has 20 heavy (non-hydrogen) atoms. The summed E-state index contributed by atoms with van der Waals surface area (Å²) in [6.07, 6.45) is 9.51. The fraction of sp³-hybridized carbons (Fsp3) is 0.600. The SMILES string of the molecule is CC(C)/C=C/C=C/CNC(=O)OCCCCCC(=O)O. The maximum absolute atomic E-state index is 11.2. The van der Waals surface area contributed by atoms with Gasteiger partial charge in [-0.1, -0.05) is 38.2 Å². The number of rotatable bonds is 10. The van der Waals surface area contributed by atoms with Gasteiger partial charge in [-0.15, -0.1) is 0 Å². The first-order chi connectivity index (χ1) is 9.52. The van der Waals surface area contributed by atoms with E-state index in [1.807, 2.05) is 18.2 Å². The van der Waals surface area contributed by atoms with Gasteiger partial charge in [0.15, 0.2) is 0 Å². The second kappa shape index (κ2) is 12.3. The normalized spacial score (nSPS) is 11.3. The van der Waals surface area contributed by atoms with Crippen molar-refractivity contribution < 1.29 is 19.4 Å². The van der Waals surface area contributed by atoms with Gasteiger partial charge in [0, 0.05) is 13.0 Å². The number of nitrogens with one attached hydrogen (secondary N) is 1. The van der Waals surface area contributed by atoms with Crippen LogP contribution in [-0.4, -0.2) is 30.3 Å². The van der Waals surface area contributed by atoms with Crippen molar-refractivity contribution in [2.45, 2.75) is 39.5 Å². The molecule has 0 heterocycles. The van der Waals surface area contributed by atoms with Gasteiger partial charge in [0.1, 0.15) is 0 Å². The van der Waals surface area contributed by atoms with Gasteiger partial charge in [0.25, 0.3) is 0 Å². The quantitative estimate of drug-likeness (QED) is 0.477. The van der Waals surface area contributed by atoms with Crippen molar-refractivity contribution in [3.05, 3.63) is 24.3 Å². The fourth-order valence-electron chi connectivity index (χ4n) is 1.35. The van der Waals surface area contributed by atoms with Crippen LogP contribution in [0, 0.1) is 5.92 Å². The molecule has 114 valence electrons. The number of carboxylic acids is 1. The summed E-state index contributed by atoms with van der Waals surface area (Å²) in [5.41, 5.74) is 0. The molecule has 0 atom stereocenters. The number of amides is 1. The van der Waals surface area contributed by atoms with E-state index in [4.69, 9.17) is 9.84 Å². The molecular formula is C15H25NO4. The smallest absolute Gasteiger partial charge is 0.407 e. The summed E-state index contributed by atoms with van der Waals surface area (Å²) >= 11 is 0. The molecule has 0 aromatic carbocycles. The Bertz CT molecular complexity index is 335. The van der Waals surface area contributed by atoms with Crippen LogP contribution in [0.4, 0.5) is 4.79 Å². The van der Waals surface area contributed by atoms with Crippen molar-refractivity contribution in [1.82, 2.24) is 5.32 Å². The summed E-state index contributed by atoms with van der Waals surface area (Å²) in [6.45, 7) is 4.94. The summed E-state index contributed by atoms with van der Waals surface area (Å²) < 4.78 is 4.94. The molecule has 5 nitrogen and oxygen atoms in total. The van der Waals surface area contributed by atoms with Gasteiger partial charge >= 0.3 is 12.1 Å². The lowest BCUT2D eigenvalue weighted by Gasteiger charge is -2.04. The third-order valence-corrected chi connectivity index (χ3v) is 2.38. The van der Waals surface area contributed by atoms with Crippen molar-refractivity contribution in [1.29, 1.82) is 0 Å². The number of alkyl carbamates (subject to hydrolysis) is 1. The zero-order valence-corrected chi connectivity index (χ0v) is 12.3. The Kier molecular flexibility index (Phi) is 11.2. The topological polar surface area (TPSA) is 75.6 Å². The van der Waals surface area contributed by atoms with Crippen molar-refractivity contribution in [3.63, 3.8) is 0 Å². The highest BCUT2D eigenvalue weighted by molar-refractivity contribution is 5.67. The van der Waals surface area contributed by atoms with E-state index in [1.54, 1.807) is 0 Å². The number of hydrogen-bond donors (Lipinski definition) is 2. The second-order valence-corrected chi connectivity index (χ2v) is 4.78. The van der Waals surface area contributed by atoms with E-state index in [0.717, 1.165) is 6.42 Å². The van der Waals surface area contributed by atoms with Crippen LogP contribution in [0.3, 0.4) is 0 Å². The van der Waals surface area contributed by atoms with Crippen molar-refractivity contribution in [2.75, 3.05) is 13.2 Å². The molecule has 0 rings (SSSR count). The number of ether oxygens (including phenoxy) is 1. The predicted octanol–water partition coefficient (Wildman–Crippen LogP) is 3.13. The van der Waals surface area contributed by atoms with Crippen molar-refractivity contribution >= 4 is 12.1 Å². The van der Waals surface area contributed by atoms with E-state index in [-0.39, 0.29) is 6.42 Å². The van der Waals surface area contributed by atoms with Gasteiger partial charge < -0.3 is 15.2 Å². The lowest BCUT2D eigenvalue weighted by molar-refractivity contribution is -0.137. The van der Waals surface area contributed by atoms with E-state index < -0.39 is 12.1 Å². The minimum atomic E-state index is -0.790. The number of allylic oxidation sites excluding steroid dienone is 3. The molecule has 0 aliphatic carbocycles. The minimum absolute atomic E-state index is 0.168. The molecule has 0 aliphatic rings. The van der Waals surface area contributed by atoms with Gasteiger partial charge in [-0.2, -0.15) is 0 Å².